The molecule has 0 saturated heterocycles. The Bertz CT molecular complexity index is 575. The van der Waals surface area contributed by atoms with Gasteiger partial charge in [0.05, 0.1) is 0 Å². The summed E-state index contributed by atoms with van der Waals surface area (Å²) in [6.07, 6.45) is 0.817. The molecule has 3 heteroatoms. The quantitative estimate of drug-likeness (QED) is 0.597. The summed E-state index contributed by atoms with van der Waals surface area (Å²) < 4.78 is 13.7. The molecular formula is C14H11FO2. The fraction of sp³-hybridized carbons (Fsp3) is 0.143. The van der Waals surface area contributed by atoms with Gasteiger partial charge in [0.15, 0.2) is 12.1 Å². The number of hydrogen-bond donors (Lipinski definition) is 0. The molecule has 2 rings (SSSR count). The molecule has 0 bridgehead atoms. The van der Waals surface area contributed by atoms with Crippen molar-refractivity contribution in [3.05, 3.63) is 47.8 Å². The van der Waals surface area contributed by atoms with E-state index in [-0.39, 0.29) is 12.2 Å². The van der Waals surface area contributed by atoms with E-state index in [2.05, 4.69) is 0 Å². The fourth-order valence-corrected chi connectivity index (χ4v) is 1.79. The summed E-state index contributed by atoms with van der Waals surface area (Å²) in [4.78, 5) is 21.1. The Balaban J connectivity index is 2.30. The second kappa shape index (κ2) is 4.87. The topological polar surface area (TPSA) is 34.1 Å². The van der Waals surface area contributed by atoms with Gasteiger partial charge in [0.25, 0.3) is 0 Å². The molecule has 2 aromatic carbocycles. The first-order valence-corrected chi connectivity index (χ1v) is 5.36. The van der Waals surface area contributed by atoms with E-state index >= 15 is 0 Å². The minimum absolute atomic E-state index is 0.126. The summed E-state index contributed by atoms with van der Waals surface area (Å²) in [5, 5.41) is 1.37. The maximum absolute atomic E-state index is 13.7. The van der Waals surface area contributed by atoms with Crippen molar-refractivity contribution in [2.24, 2.45) is 0 Å². The van der Waals surface area contributed by atoms with Crippen molar-refractivity contribution in [1.29, 1.82) is 0 Å². The summed E-state index contributed by atoms with van der Waals surface area (Å²) in [6, 6.07) is 10.4. The number of carbonyl (C=O) groups excluding carboxylic acids is 2. The SMILES string of the molecule is O=CC(=O)CCc1cc(F)c2ccccc2c1. The van der Waals surface area contributed by atoms with Gasteiger partial charge in [-0.3, -0.25) is 9.59 Å². The minimum atomic E-state index is -0.460. The molecule has 0 unspecified atom stereocenters. The highest BCUT2D eigenvalue weighted by molar-refractivity contribution is 6.24. The van der Waals surface area contributed by atoms with E-state index in [1.54, 1.807) is 12.1 Å². The summed E-state index contributed by atoms with van der Waals surface area (Å²) in [5.74, 6) is -0.754. The number of benzene rings is 2. The molecule has 0 fully saturated rings. The van der Waals surface area contributed by atoms with Crippen LogP contribution in [0.5, 0.6) is 0 Å². The molecule has 0 spiro atoms. The molecule has 0 saturated carbocycles. The zero-order valence-corrected chi connectivity index (χ0v) is 9.15. The van der Waals surface area contributed by atoms with Crippen LogP contribution in [0, 0.1) is 5.82 Å². The van der Waals surface area contributed by atoms with Gasteiger partial charge in [0, 0.05) is 11.8 Å². The molecule has 0 aliphatic rings. The van der Waals surface area contributed by atoms with Crippen LogP contribution in [-0.2, 0) is 16.0 Å². The number of rotatable bonds is 4. The van der Waals surface area contributed by atoms with Crippen molar-refractivity contribution in [2.75, 3.05) is 0 Å². The van der Waals surface area contributed by atoms with Gasteiger partial charge in [-0.1, -0.05) is 30.3 Å². The molecule has 0 heterocycles. The van der Waals surface area contributed by atoms with Gasteiger partial charge in [-0.25, -0.2) is 4.39 Å². The molecule has 86 valence electrons. The maximum atomic E-state index is 13.7. The number of Topliss-reactive ketones (excluding diaryl/α,β-unsaturated/α-hetero) is 1. The molecular weight excluding hydrogens is 219 g/mol. The van der Waals surface area contributed by atoms with Crippen LogP contribution in [0.15, 0.2) is 36.4 Å². The predicted octanol–water partition coefficient (Wildman–Crippen LogP) is 2.68. The van der Waals surface area contributed by atoms with Gasteiger partial charge in [0.2, 0.25) is 0 Å². The van der Waals surface area contributed by atoms with Gasteiger partial charge in [0.1, 0.15) is 5.82 Å². The predicted molar refractivity (Wildman–Crippen MR) is 63.3 cm³/mol. The molecule has 0 aromatic heterocycles. The lowest BCUT2D eigenvalue weighted by molar-refractivity contribution is -0.129. The third-order valence-electron chi connectivity index (χ3n) is 2.66. The number of fused-ring (bicyclic) bond motifs is 1. The Kier molecular flexibility index (Phi) is 3.28. The monoisotopic (exact) mass is 230 g/mol. The summed E-state index contributed by atoms with van der Waals surface area (Å²) >= 11 is 0. The number of carbonyl (C=O) groups is 2. The van der Waals surface area contributed by atoms with Crippen LogP contribution in [0.25, 0.3) is 10.8 Å². The Hall–Kier alpha value is -2.03. The number of ketones is 1. The summed E-state index contributed by atoms with van der Waals surface area (Å²) in [5.41, 5.74) is 0.733. The van der Waals surface area contributed by atoms with E-state index in [0.29, 0.717) is 18.1 Å². The van der Waals surface area contributed by atoms with Crippen molar-refractivity contribution >= 4 is 22.8 Å². The van der Waals surface area contributed by atoms with Crippen molar-refractivity contribution in [1.82, 2.24) is 0 Å². The summed E-state index contributed by atoms with van der Waals surface area (Å²) in [6.45, 7) is 0. The minimum Gasteiger partial charge on any atom is -0.295 e. The van der Waals surface area contributed by atoms with Gasteiger partial charge in [-0.2, -0.15) is 0 Å². The van der Waals surface area contributed by atoms with Crippen LogP contribution in [-0.4, -0.2) is 12.1 Å². The lowest BCUT2D eigenvalue weighted by Crippen LogP contribution is -2.01. The lowest BCUT2D eigenvalue weighted by Gasteiger charge is -2.04. The highest BCUT2D eigenvalue weighted by Gasteiger charge is 2.05. The average Bonchev–Trinajstić information content (AvgIpc) is 2.36. The van der Waals surface area contributed by atoms with Crippen LogP contribution < -0.4 is 0 Å². The second-order valence-corrected chi connectivity index (χ2v) is 3.88. The van der Waals surface area contributed by atoms with Crippen molar-refractivity contribution < 1.29 is 14.0 Å². The fourth-order valence-electron chi connectivity index (χ4n) is 1.79. The largest absolute Gasteiger partial charge is 0.295 e. The Morgan fingerprint density at radius 2 is 2.00 bits per heavy atom. The Morgan fingerprint density at radius 3 is 2.76 bits per heavy atom. The van der Waals surface area contributed by atoms with Gasteiger partial charge in [-0.15, -0.1) is 0 Å². The molecule has 0 aliphatic carbocycles. The molecule has 17 heavy (non-hydrogen) atoms. The van der Waals surface area contributed by atoms with Crippen molar-refractivity contribution in [3.8, 4) is 0 Å². The van der Waals surface area contributed by atoms with Crippen LogP contribution in [0.2, 0.25) is 0 Å². The maximum Gasteiger partial charge on any atom is 0.195 e. The van der Waals surface area contributed by atoms with Gasteiger partial charge >= 0.3 is 0 Å². The molecule has 2 nitrogen and oxygen atoms in total. The first-order chi connectivity index (χ1) is 8.20. The number of halogens is 1. The first kappa shape index (κ1) is 11.5. The van der Waals surface area contributed by atoms with Crippen molar-refractivity contribution in [3.63, 3.8) is 0 Å². The standard InChI is InChI=1S/C14H11FO2/c15-14-8-10(5-6-12(17)9-16)7-11-3-1-2-4-13(11)14/h1-4,7-9H,5-6H2. The molecule has 0 radical (unpaired) electrons. The van der Waals surface area contributed by atoms with Crippen LogP contribution in [0.3, 0.4) is 0 Å². The van der Waals surface area contributed by atoms with Gasteiger partial charge < -0.3 is 0 Å². The highest BCUT2D eigenvalue weighted by Crippen LogP contribution is 2.20. The van der Waals surface area contributed by atoms with E-state index < -0.39 is 5.78 Å². The normalized spacial score (nSPS) is 10.4. The van der Waals surface area contributed by atoms with Crippen molar-refractivity contribution in [2.45, 2.75) is 12.8 Å². The van der Waals surface area contributed by atoms with Gasteiger partial charge in [-0.05, 0) is 23.4 Å². The van der Waals surface area contributed by atoms with Crippen LogP contribution >= 0.6 is 0 Å². The van der Waals surface area contributed by atoms with E-state index in [4.69, 9.17) is 0 Å². The molecule has 0 atom stereocenters. The number of aryl methyl sites for hydroxylation is 1. The third kappa shape index (κ3) is 2.56. The first-order valence-electron chi connectivity index (χ1n) is 5.36. The lowest BCUT2D eigenvalue weighted by atomic mass is 10.0. The highest BCUT2D eigenvalue weighted by atomic mass is 19.1. The van der Waals surface area contributed by atoms with E-state index in [9.17, 15) is 14.0 Å². The number of aldehydes is 1. The van der Waals surface area contributed by atoms with Crippen LogP contribution in [0.4, 0.5) is 4.39 Å². The zero-order chi connectivity index (χ0) is 12.3. The summed E-state index contributed by atoms with van der Waals surface area (Å²) in [7, 11) is 0. The van der Waals surface area contributed by atoms with E-state index in [1.165, 1.54) is 6.07 Å². The van der Waals surface area contributed by atoms with Crippen LogP contribution in [0.1, 0.15) is 12.0 Å². The van der Waals surface area contributed by atoms with E-state index in [0.717, 1.165) is 10.9 Å². The molecule has 0 N–H and O–H groups in total. The smallest absolute Gasteiger partial charge is 0.195 e. The Labute approximate surface area is 98.1 Å². The molecule has 2 aromatic rings. The molecule has 0 aliphatic heterocycles. The zero-order valence-electron chi connectivity index (χ0n) is 9.15. The average molecular weight is 230 g/mol. The Morgan fingerprint density at radius 1 is 1.24 bits per heavy atom. The molecule has 0 amide bonds. The van der Waals surface area contributed by atoms with E-state index in [1.807, 2.05) is 18.2 Å². The number of hydrogen-bond acceptors (Lipinski definition) is 2. The third-order valence-corrected chi connectivity index (χ3v) is 2.66. The second-order valence-electron chi connectivity index (χ2n) is 3.88.